The molecule has 5 heteroatoms. The Morgan fingerprint density at radius 3 is 2.39 bits per heavy atom. The molecule has 0 atom stereocenters. The molecule has 0 saturated carbocycles. The van der Waals surface area contributed by atoms with Crippen LogP contribution in [-0.2, 0) is 11.3 Å². The number of carbonyl (C=O) groups excluding carboxylic acids is 1. The molecule has 3 aromatic carbocycles. The van der Waals surface area contributed by atoms with Crippen molar-refractivity contribution >= 4 is 22.7 Å². The van der Waals surface area contributed by atoms with Crippen molar-refractivity contribution in [2.45, 2.75) is 13.5 Å². The van der Waals surface area contributed by atoms with Gasteiger partial charge in [0.1, 0.15) is 6.54 Å². The summed E-state index contributed by atoms with van der Waals surface area (Å²) in [7, 11) is 0. The first kappa shape index (κ1) is 17.7. The van der Waals surface area contributed by atoms with Crippen LogP contribution in [0.3, 0.4) is 0 Å². The molecule has 0 bridgehead atoms. The quantitative estimate of drug-likeness (QED) is 0.423. The van der Waals surface area contributed by atoms with Crippen molar-refractivity contribution in [3.63, 3.8) is 0 Å². The molecule has 1 aromatic heterocycles. The number of imidazole rings is 1. The van der Waals surface area contributed by atoms with Crippen LogP contribution in [-0.4, -0.2) is 21.2 Å². The molecule has 5 nitrogen and oxygen atoms in total. The third-order valence-electron chi connectivity index (χ3n) is 4.60. The zero-order valence-corrected chi connectivity index (χ0v) is 15.5. The third-order valence-corrected chi connectivity index (χ3v) is 4.60. The summed E-state index contributed by atoms with van der Waals surface area (Å²) >= 11 is 0. The number of hydrogen-bond acceptors (Lipinski definition) is 3. The van der Waals surface area contributed by atoms with E-state index < -0.39 is 0 Å². The van der Waals surface area contributed by atoms with Crippen LogP contribution in [0.2, 0.25) is 0 Å². The highest BCUT2D eigenvalue weighted by Gasteiger charge is 2.07. The highest BCUT2D eigenvalue weighted by molar-refractivity contribution is 5.99. The number of rotatable bonds is 5. The van der Waals surface area contributed by atoms with E-state index in [4.69, 9.17) is 0 Å². The number of para-hydroxylation sites is 2. The number of aromatic nitrogens is 2. The Kier molecular flexibility index (Phi) is 4.97. The number of fused-ring (bicyclic) bond motifs is 1. The summed E-state index contributed by atoms with van der Waals surface area (Å²) in [5.74, 6) is -0.191. The van der Waals surface area contributed by atoms with Crippen LogP contribution in [0, 0.1) is 0 Å². The molecule has 0 fully saturated rings. The number of nitrogens with one attached hydrogen (secondary N) is 1. The van der Waals surface area contributed by atoms with Crippen molar-refractivity contribution in [3.8, 4) is 11.1 Å². The van der Waals surface area contributed by atoms with Crippen molar-refractivity contribution in [2.75, 3.05) is 0 Å². The molecule has 0 saturated heterocycles. The summed E-state index contributed by atoms with van der Waals surface area (Å²) in [4.78, 5) is 16.6. The van der Waals surface area contributed by atoms with Gasteiger partial charge in [-0.2, -0.15) is 5.10 Å². The predicted octanol–water partition coefficient (Wildman–Crippen LogP) is 4.24. The number of nitrogens with zero attached hydrogens (tertiary/aromatic N) is 3. The maximum atomic E-state index is 12.3. The van der Waals surface area contributed by atoms with Crippen LogP contribution in [0.5, 0.6) is 0 Å². The average molecular weight is 368 g/mol. The fraction of sp³-hybridized carbons (Fsp3) is 0.0870. The molecule has 1 N–H and O–H groups in total. The van der Waals surface area contributed by atoms with Crippen LogP contribution in [0.15, 0.2) is 90.3 Å². The molecule has 0 aliphatic rings. The van der Waals surface area contributed by atoms with Crippen molar-refractivity contribution in [1.29, 1.82) is 0 Å². The molecular formula is C23H20N4O. The van der Waals surface area contributed by atoms with Crippen molar-refractivity contribution < 1.29 is 4.79 Å². The Bertz CT molecular complexity index is 1130. The maximum absolute atomic E-state index is 12.3. The molecule has 0 spiro atoms. The van der Waals surface area contributed by atoms with E-state index in [0.717, 1.165) is 27.9 Å². The van der Waals surface area contributed by atoms with Gasteiger partial charge in [0.2, 0.25) is 0 Å². The summed E-state index contributed by atoms with van der Waals surface area (Å²) in [6, 6.07) is 26.1. The predicted molar refractivity (Wildman–Crippen MR) is 112 cm³/mol. The first-order valence-electron chi connectivity index (χ1n) is 9.09. The van der Waals surface area contributed by atoms with Crippen molar-refractivity contribution in [1.82, 2.24) is 15.0 Å². The smallest absolute Gasteiger partial charge is 0.260 e. The first-order chi connectivity index (χ1) is 13.7. The maximum Gasteiger partial charge on any atom is 0.260 e. The minimum atomic E-state index is -0.191. The van der Waals surface area contributed by atoms with Gasteiger partial charge < -0.3 is 4.57 Å². The van der Waals surface area contributed by atoms with Gasteiger partial charge in [0, 0.05) is 0 Å². The largest absolute Gasteiger partial charge is 0.321 e. The molecule has 0 radical (unpaired) electrons. The SMILES string of the molecule is CC(=NNC(=O)Cn1cnc2ccccc21)c1ccc(-c2ccccc2)cc1. The number of amides is 1. The molecule has 4 rings (SSSR count). The fourth-order valence-corrected chi connectivity index (χ4v) is 3.07. The second-order valence-electron chi connectivity index (χ2n) is 6.54. The normalized spacial score (nSPS) is 11.5. The average Bonchev–Trinajstić information content (AvgIpc) is 3.15. The number of benzene rings is 3. The Balaban J connectivity index is 1.42. The zero-order chi connectivity index (χ0) is 19.3. The van der Waals surface area contributed by atoms with Gasteiger partial charge >= 0.3 is 0 Å². The Morgan fingerprint density at radius 2 is 1.61 bits per heavy atom. The van der Waals surface area contributed by atoms with E-state index in [9.17, 15) is 4.79 Å². The first-order valence-corrected chi connectivity index (χ1v) is 9.09. The van der Waals surface area contributed by atoms with E-state index in [1.54, 1.807) is 6.33 Å². The fourth-order valence-electron chi connectivity index (χ4n) is 3.07. The van der Waals surface area contributed by atoms with E-state index in [0.29, 0.717) is 0 Å². The minimum absolute atomic E-state index is 0.171. The van der Waals surface area contributed by atoms with Crippen LogP contribution in [0.4, 0.5) is 0 Å². The zero-order valence-electron chi connectivity index (χ0n) is 15.5. The summed E-state index contributed by atoms with van der Waals surface area (Å²) in [5.41, 5.74) is 8.46. The number of carbonyl (C=O) groups is 1. The summed E-state index contributed by atoms with van der Waals surface area (Å²) in [6.07, 6.45) is 1.67. The van der Waals surface area contributed by atoms with Crippen LogP contribution in [0.1, 0.15) is 12.5 Å². The number of hydrazone groups is 1. The highest BCUT2D eigenvalue weighted by atomic mass is 16.2. The van der Waals surface area contributed by atoms with Gasteiger partial charge in [-0.15, -0.1) is 0 Å². The molecule has 4 aromatic rings. The van der Waals surface area contributed by atoms with Gasteiger partial charge in [-0.1, -0.05) is 66.7 Å². The van der Waals surface area contributed by atoms with E-state index in [2.05, 4.69) is 39.8 Å². The van der Waals surface area contributed by atoms with Gasteiger partial charge in [-0.3, -0.25) is 4.79 Å². The van der Waals surface area contributed by atoms with Gasteiger partial charge in [0.05, 0.1) is 23.1 Å². The summed E-state index contributed by atoms with van der Waals surface area (Å²) < 4.78 is 1.81. The second kappa shape index (κ2) is 7.88. The van der Waals surface area contributed by atoms with Gasteiger partial charge in [0.25, 0.3) is 5.91 Å². The van der Waals surface area contributed by atoms with Gasteiger partial charge in [-0.05, 0) is 35.7 Å². The molecule has 0 unspecified atom stereocenters. The van der Waals surface area contributed by atoms with Crippen LogP contribution < -0.4 is 5.43 Å². The molecule has 1 heterocycles. The summed E-state index contributed by atoms with van der Waals surface area (Å²) in [6.45, 7) is 2.05. The van der Waals surface area contributed by atoms with E-state index in [1.807, 2.05) is 66.1 Å². The van der Waals surface area contributed by atoms with Crippen molar-refractivity contribution in [3.05, 3.63) is 90.8 Å². The molecule has 0 aliphatic heterocycles. The van der Waals surface area contributed by atoms with E-state index in [-0.39, 0.29) is 12.5 Å². The topological polar surface area (TPSA) is 59.3 Å². The third kappa shape index (κ3) is 3.83. The lowest BCUT2D eigenvalue weighted by Crippen LogP contribution is -2.24. The monoisotopic (exact) mass is 368 g/mol. The van der Waals surface area contributed by atoms with E-state index >= 15 is 0 Å². The molecule has 1 amide bonds. The molecule has 28 heavy (non-hydrogen) atoms. The number of hydrogen-bond donors (Lipinski definition) is 1. The highest BCUT2D eigenvalue weighted by Crippen LogP contribution is 2.19. The molecule has 138 valence electrons. The molecule has 0 aliphatic carbocycles. The lowest BCUT2D eigenvalue weighted by Gasteiger charge is -2.06. The van der Waals surface area contributed by atoms with Crippen LogP contribution in [0.25, 0.3) is 22.2 Å². The Labute approximate surface area is 163 Å². The van der Waals surface area contributed by atoms with Crippen molar-refractivity contribution in [2.24, 2.45) is 5.10 Å². The van der Waals surface area contributed by atoms with Gasteiger partial charge in [0.15, 0.2) is 0 Å². The lowest BCUT2D eigenvalue weighted by atomic mass is 10.0. The Morgan fingerprint density at radius 1 is 0.929 bits per heavy atom. The lowest BCUT2D eigenvalue weighted by molar-refractivity contribution is -0.121. The molecular weight excluding hydrogens is 348 g/mol. The van der Waals surface area contributed by atoms with Gasteiger partial charge in [-0.25, -0.2) is 10.4 Å². The van der Waals surface area contributed by atoms with Crippen LogP contribution >= 0.6 is 0 Å². The summed E-state index contributed by atoms with van der Waals surface area (Å²) in [5, 5.41) is 4.24. The second-order valence-corrected chi connectivity index (χ2v) is 6.54. The standard InChI is InChI=1S/C23H20N4O/c1-17(18-11-13-20(14-12-18)19-7-3-2-4-8-19)25-26-23(28)15-27-16-24-21-9-5-6-10-22(21)27/h2-14,16H,15H2,1H3,(H,26,28). The van der Waals surface area contributed by atoms with E-state index in [1.165, 1.54) is 5.56 Å². The minimum Gasteiger partial charge on any atom is -0.321 e. The Hall–Kier alpha value is -3.73.